The highest BCUT2D eigenvalue weighted by molar-refractivity contribution is 7.99. The van der Waals surface area contributed by atoms with Gasteiger partial charge in [-0.1, -0.05) is 42.5 Å². The number of benzene rings is 2. The molecule has 0 bridgehead atoms. The lowest BCUT2D eigenvalue weighted by molar-refractivity contribution is -0.130. The van der Waals surface area contributed by atoms with E-state index in [1.165, 1.54) is 11.1 Å². The SMILES string of the molecule is COc1ccc(CCC(=O)N2CCSC(c3ccccc3)CC2)cc1. The highest BCUT2D eigenvalue weighted by Gasteiger charge is 2.21. The molecule has 3 rings (SSSR count). The maximum absolute atomic E-state index is 12.6. The van der Waals surface area contributed by atoms with Crippen molar-refractivity contribution < 1.29 is 9.53 Å². The van der Waals surface area contributed by atoms with Gasteiger partial charge in [0.15, 0.2) is 0 Å². The predicted octanol–water partition coefficient (Wildman–Crippen LogP) is 4.33. The number of carbonyl (C=O) groups is 1. The van der Waals surface area contributed by atoms with Crippen LogP contribution < -0.4 is 4.74 Å². The molecule has 0 radical (unpaired) electrons. The van der Waals surface area contributed by atoms with Crippen molar-refractivity contribution >= 4 is 17.7 Å². The van der Waals surface area contributed by atoms with E-state index in [0.29, 0.717) is 11.7 Å². The third kappa shape index (κ3) is 5.02. The zero-order valence-corrected chi connectivity index (χ0v) is 15.5. The Kier molecular flexibility index (Phi) is 6.40. The minimum atomic E-state index is 0.269. The Bertz CT molecular complexity index is 672. The van der Waals surface area contributed by atoms with Crippen LogP contribution in [0.1, 0.15) is 29.2 Å². The van der Waals surface area contributed by atoms with Crippen molar-refractivity contribution in [2.24, 2.45) is 0 Å². The van der Waals surface area contributed by atoms with Crippen molar-refractivity contribution in [2.75, 3.05) is 26.0 Å². The van der Waals surface area contributed by atoms with Gasteiger partial charge in [-0.05, 0) is 36.1 Å². The summed E-state index contributed by atoms with van der Waals surface area (Å²) in [6, 6.07) is 18.6. The number of rotatable bonds is 5. The van der Waals surface area contributed by atoms with Crippen LogP contribution in [0.2, 0.25) is 0 Å². The summed E-state index contributed by atoms with van der Waals surface area (Å²) in [6.07, 6.45) is 2.39. The third-order valence-corrected chi connectivity index (χ3v) is 5.98. The molecule has 132 valence electrons. The van der Waals surface area contributed by atoms with Crippen LogP contribution in [0.25, 0.3) is 0 Å². The van der Waals surface area contributed by atoms with E-state index in [-0.39, 0.29) is 5.91 Å². The molecule has 1 saturated heterocycles. The normalized spacial score (nSPS) is 17.8. The number of methoxy groups -OCH3 is 1. The molecule has 1 atom stereocenters. The van der Waals surface area contributed by atoms with Crippen molar-refractivity contribution in [3.8, 4) is 5.75 Å². The van der Waals surface area contributed by atoms with Crippen LogP contribution in [-0.2, 0) is 11.2 Å². The van der Waals surface area contributed by atoms with Crippen molar-refractivity contribution in [3.63, 3.8) is 0 Å². The number of ether oxygens (including phenoxy) is 1. The molecule has 0 spiro atoms. The highest BCUT2D eigenvalue weighted by Crippen LogP contribution is 2.34. The Morgan fingerprint density at radius 2 is 1.88 bits per heavy atom. The summed E-state index contributed by atoms with van der Waals surface area (Å²) in [4.78, 5) is 14.6. The average molecular weight is 356 g/mol. The molecular formula is C21H25NO2S. The molecule has 0 aliphatic carbocycles. The van der Waals surface area contributed by atoms with Gasteiger partial charge in [0, 0.05) is 30.5 Å². The summed E-state index contributed by atoms with van der Waals surface area (Å²) >= 11 is 1.97. The van der Waals surface area contributed by atoms with Crippen molar-refractivity contribution in [3.05, 3.63) is 65.7 Å². The lowest BCUT2D eigenvalue weighted by Crippen LogP contribution is -2.33. The van der Waals surface area contributed by atoms with Crippen LogP contribution in [0, 0.1) is 0 Å². The number of amides is 1. The van der Waals surface area contributed by atoms with Crippen LogP contribution in [0.3, 0.4) is 0 Å². The molecule has 4 heteroatoms. The number of hydrogen-bond acceptors (Lipinski definition) is 3. The molecule has 25 heavy (non-hydrogen) atoms. The predicted molar refractivity (Wildman–Crippen MR) is 104 cm³/mol. The summed E-state index contributed by atoms with van der Waals surface area (Å²) in [5.41, 5.74) is 2.56. The zero-order chi connectivity index (χ0) is 17.5. The zero-order valence-electron chi connectivity index (χ0n) is 14.7. The summed E-state index contributed by atoms with van der Waals surface area (Å²) in [5, 5.41) is 0.501. The van der Waals surface area contributed by atoms with Gasteiger partial charge in [0.05, 0.1) is 7.11 Å². The molecule has 1 aliphatic rings. The van der Waals surface area contributed by atoms with Gasteiger partial charge >= 0.3 is 0 Å². The topological polar surface area (TPSA) is 29.5 Å². The summed E-state index contributed by atoms with van der Waals surface area (Å²) in [6.45, 7) is 1.71. The first-order valence-corrected chi connectivity index (χ1v) is 9.88. The first-order valence-electron chi connectivity index (χ1n) is 8.83. The van der Waals surface area contributed by atoms with E-state index in [1.807, 2.05) is 40.9 Å². The van der Waals surface area contributed by atoms with E-state index in [4.69, 9.17) is 4.74 Å². The minimum absolute atomic E-state index is 0.269. The molecule has 1 aliphatic heterocycles. The molecule has 1 heterocycles. The standard InChI is InChI=1S/C21H25NO2S/c1-24-19-10-7-17(8-11-19)9-12-21(23)22-14-13-20(25-16-15-22)18-5-3-2-4-6-18/h2-8,10-11,20H,9,12-16H2,1H3. The van der Waals surface area contributed by atoms with Gasteiger partial charge in [-0.25, -0.2) is 0 Å². The fraction of sp³-hybridized carbons (Fsp3) is 0.381. The van der Waals surface area contributed by atoms with Crippen molar-refractivity contribution in [1.82, 2.24) is 4.90 Å². The monoisotopic (exact) mass is 355 g/mol. The lowest BCUT2D eigenvalue weighted by atomic mass is 10.1. The van der Waals surface area contributed by atoms with Gasteiger partial charge in [-0.2, -0.15) is 11.8 Å². The minimum Gasteiger partial charge on any atom is -0.497 e. The first-order chi connectivity index (χ1) is 12.3. The van der Waals surface area contributed by atoms with Gasteiger partial charge in [0.1, 0.15) is 5.75 Å². The smallest absolute Gasteiger partial charge is 0.222 e. The second-order valence-electron chi connectivity index (χ2n) is 6.29. The number of carbonyl (C=O) groups excluding carboxylic acids is 1. The summed E-state index contributed by atoms with van der Waals surface area (Å²) in [7, 11) is 1.67. The van der Waals surface area contributed by atoms with Gasteiger partial charge in [-0.3, -0.25) is 4.79 Å². The van der Waals surface area contributed by atoms with Gasteiger partial charge in [0.2, 0.25) is 5.91 Å². The largest absolute Gasteiger partial charge is 0.497 e. The average Bonchev–Trinajstić information content (AvgIpc) is 2.93. The first kappa shape index (κ1) is 17.9. The fourth-order valence-corrected chi connectivity index (χ4v) is 4.39. The van der Waals surface area contributed by atoms with Gasteiger partial charge in [0.25, 0.3) is 0 Å². The van der Waals surface area contributed by atoms with Crippen molar-refractivity contribution in [1.29, 1.82) is 0 Å². The van der Waals surface area contributed by atoms with Gasteiger partial charge < -0.3 is 9.64 Å². The summed E-state index contributed by atoms with van der Waals surface area (Å²) in [5.74, 6) is 2.13. The fourth-order valence-electron chi connectivity index (χ4n) is 3.15. The molecule has 2 aromatic carbocycles. The van der Waals surface area contributed by atoms with Crippen LogP contribution >= 0.6 is 11.8 Å². The number of nitrogens with zero attached hydrogens (tertiary/aromatic N) is 1. The summed E-state index contributed by atoms with van der Waals surface area (Å²) < 4.78 is 5.17. The maximum atomic E-state index is 12.6. The second kappa shape index (κ2) is 8.95. The quantitative estimate of drug-likeness (QED) is 0.799. The molecule has 1 fully saturated rings. The lowest BCUT2D eigenvalue weighted by Gasteiger charge is -2.20. The number of aryl methyl sites for hydroxylation is 1. The molecular weight excluding hydrogens is 330 g/mol. The Morgan fingerprint density at radius 1 is 1.12 bits per heavy atom. The van der Waals surface area contributed by atoms with E-state index in [2.05, 4.69) is 30.3 Å². The maximum Gasteiger partial charge on any atom is 0.222 e. The van der Waals surface area contributed by atoms with E-state index >= 15 is 0 Å². The van der Waals surface area contributed by atoms with E-state index < -0.39 is 0 Å². The third-order valence-electron chi connectivity index (χ3n) is 4.65. The molecule has 0 aromatic heterocycles. The highest BCUT2D eigenvalue weighted by atomic mass is 32.2. The van der Waals surface area contributed by atoms with Crippen LogP contribution in [0.15, 0.2) is 54.6 Å². The number of hydrogen-bond donors (Lipinski definition) is 0. The van der Waals surface area contributed by atoms with E-state index in [0.717, 1.165) is 37.4 Å². The Labute approximate surface area is 154 Å². The Balaban J connectivity index is 1.50. The Hall–Kier alpha value is -1.94. The van der Waals surface area contributed by atoms with Crippen LogP contribution in [0.5, 0.6) is 5.75 Å². The molecule has 3 nitrogen and oxygen atoms in total. The molecule has 2 aromatic rings. The Morgan fingerprint density at radius 3 is 2.60 bits per heavy atom. The molecule has 1 amide bonds. The van der Waals surface area contributed by atoms with Crippen LogP contribution in [0.4, 0.5) is 0 Å². The molecule has 0 N–H and O–H groups in total. The van der Waals surface area contributed by atoms with Crippen molar-refractivity contribution in [2.45, 2.75) is 24.5 Å². The van der Waals surface area contributed by atoms with Gasteiger partial charge in [-0.15, -0.1) is 0 Å². The molecule has 0 saturated carbocycles. The van der Waals surface area contributed by atoms with E-state index in [1.54, 1.807) is 7.11 Å². The van der Waals surface area contributed by atoms with Crippen LogP contribution in [-0.4, -0.2) is 36.8 Å². The van der Waals surface area contributed by atoms with E-state index in [9.17, 15) is 4.79 Å². The number of thioether (sulfide) groups is 1. The molecule has 1 unspecified atom stereocenters. The second-order valence-corrected chi connectivity index (χ2v) is 7.60.